The lowest BCUT2D eigenvalue weighted by Crippen LogP contribution is -2.16. The highest BCUT2D eigenvalue weighted by Gasteiger charge is 2.30. The van der Waals surface area contributed by atoms with Crippen LogP contribution in [0.3, 0.4) is 0 Å². The third-order valence-corrected chi connectivity index (χ3v) is 2.69. The number of hydrogen-bond donors (Lipinski definition) is 1. The molecule has 0 atom stereocenters. The number of hydrogen-bond acceptors (Lipinski definition) is 2. The zero-order valence-corrected chi connectivity index (χ0v) is 10.2. The first kappa shape index (κ1) is 14.3. The van der Waals surface area contributed by atoms with Crippen LogP contribution in [-0.4, -0.2) is 6.36 Å². The molecule has 0 heterocycles. The van der Waals surface area contributed by atoms with Gasteiger partial charge in [0.1, 0.15) is 11.6 Å². The average Bonchev–Trinajstić information content (AvgIpc) is 2.38. The Labute approximate surface area is 112 Å². The highest BCUT2D eigenvalue weighted by Crippen LogP contribution is 2.27. The molecule has 6 heteroatoms. The summed E-state index contributed by atoms with van der Waals surface area (Å²) in [5.74, 6) is -0.712. The molecule has 0 aromatic heterocycles. The van der Waals surface area contributed by atoms with Crippen molar-refractivity contribution in [3.63, 3.8) is 0 Å². The molecule has 2 aromatic carbocycles. The smallest absolute Gasteiger partial charge is 0.406 e. The fourth-order valence-electron chi connectivity index (χ4n) is 1.76. The summed E-state index contributed by atoms with van der Waals surface area (Å²) in [6.07, 6.45) is -4.72. The predicted octanol–water partition coefficient (Wildman–Crippen LogP) is 3.85. The van der Waals surface area contributed by atoms with Crippen LogP contribution in [0.25, 0.3) is 11.1 Å². The monoisotopic (exact) mass is 285 g/mol. The van der Waals surface area contributed by atoms with Gasteiger partial charge in [-0.2, -0.15) is 0 Å². The Hall–Kier alpha value is -2.08. The summed E-state index contributed by atoms with van der Waals surface area (Å²) in [4.78, 5) is 0. The SMILES string of the molecule is NCc1cc(-c2ccc(OC(F)(F)F)cc2)ccc1F. The fraction of sp³-hybridized carbons (Fsp3) is 0.143. The van der Waals surface area contributed by atoms with Gasteiger partial charge in [-0.1, -0.05) is 18.2 Å². The van der Waals surface area contributed by atoms with Crippen molar-refractivity contribution in [3.05, 3.63) is 53.8 Å². The third kappa shape index (κ3) is 3.48. The maximum atomic E-state index is 13.3. The maximum absolute atomic E-state index is 13.3. The van der Waals surface area contributed by atoms with Gasteiger partial charge < -0.3 is 10.5 Å². The van der Waals surface area contributed by atoms with Crippen molar-refractivity contribution >= 4 is 0 Å². The Bertz CT molecular complexity index is 593. The van der Waals surface area contributed by atoms with Crippen molar-refractivity contribution in [1.82, 2.24) is 0 Å². The fourth-order valence-corrected chi connectivity index (χ4v) is 1.76. The Kier molecular flexibility index (Phi) is 3.94. The largest absolute Gasteiger partial charge is 0.573 e. The van der Waals surface area contributed by atoms with Crippen molar-refractivity contribution in [2.24, 2.45) is 5.73 Å². The van der Waals surface area contributed by atoms with Gasteiger partial charge in [0.15, 0.2) is 0 Å². The van der Waals surface area contributed by atoms with E-state index in [1.54, 1.807) is 6.07 Å². The van der Waals surface area contributed by atoms with Gasteiger partial charge in [0.25, 0.3) is 0 Å². The Balaban J connectivity index is 2.26. The van der Waals surface area contributed by atoms with Gasteiger partial charge in [-0.3, -0.25) is 0 Å². The van der Waals surface area contributed by atoms with E-state index in [0.29, 0.717) is 16.7 Å². The second-order valence-electron chi connectivity index (χ2n) is 4.08. The number of nitrogens with two attached hydrogens (primary N) is 1. The van der Waals surface area contributed by atoms with Gasteiger partial charge in [0.2, 0.25) is 0 Å². The van der Waals surface area contributed by atoms with Gasteiger partial charge >= 0.3 is 6.36 Å². The molecule has 20 heavy (non-hydrogen) atoms. The number of halogens is 4. The van der Waals surface area contributed by atoms with E-state index >= 15 is 0 Å². The molecule has 0 amide bonds. The Morgan fingerprint density at radius 2 is 1.55 bits per heavy atom. The van der Waals surface area contributed by atoms with E-state index in [2.05, 4.69) is 4.74 Å². The molecule has 0 saturated heterocycles. The van der Waals surface area contributed by atoms with Crippen molar-refractivity contribution in [2.75, 3.05) is 0 Å². The molecule has 2 N–H and O–H groups in total. The van der Waals surface area contributed by atoms with Gasteiger partial charge in [0, 0.05) is 12.1 Å². The topological polar surface area (TPSA) is 35.2 Å². The minimum absolute atomic E-state index is 0.0505. The van der Waals surface area contributed by atoms with E-state index in [0.717, 1.165) is 0 Å². The average molecular weight is 285 g/mol. The molecule has 0 fully saturated rings. The second-order valence-corrected chi connectivity index (χ2v) is 4.08. The van der Waals surface area contributed by atoms with Gasteiger partial charge in [0.05, 0.1) is 0 Å². The molecule has 0 bridgehead atoms. The highest BCUT2D eigenvalue weighted by atomic mass is 19.4. The van der Waals surface area contributed by atoms with Crippen molar-refractivity contribution < 1.29 is 22.3 Å². The van der Waals surface area contributed by atoms with Crippen LogP contribution in [0.15, 0.2) is 42.5 Å². The molecule has 0 saturated carbocycles. The van der Waals surface area contributed by atoms with Crippen LogP contribution in [-0.2, 0) is 6.54 Å². The molecular weight excluding hydrogens is 274 g/mol. The van der Waals surface area contributed by atoms with E-state index in [4.69, 9.17) is 5.73 Å². The molecule has 0 spiro atoms. The first-order valence-corrected chi connectivity index (χ1v) is 5.74. The second kappa shape index (κ2) is 5.50. The number of rotatable bonds is 3. The van der Waals surface area contributed by atoms with Crippen molar-refractivity contribution in [3.8, 4) is 16.9 Å². The molecule has 0 aliphatic heterocycles. The molecule has 2 nitrogen and oxygen atoms in total. The van der Waals surface area contributed by atoms with Crippen LogP contribution >= 0.6 is 0 Å². The third-order valence-electron chi connectivity index (χ3n) is 2.69. The molecule has 0 aliphatic rings. The highest BCUT2D eigenvalue weighted by molar-refractivity contribution is 5.65. The molecule has 0 radical (unpaired) electrons. The van der Waals surface area contributed by atoms with Crippen LogP contribution in [0.1, 0.15) is 5.56 Å². The minimum Gasteiger partial charge on any atom is -0.406 e. The lowest BCUT2D eigenvalue weighted by atomic mass is 10.0. The van der Waals surface area contributed by atoms with Crippen LogP contribution < -0.4 is 10.5 Å². The normalized spacial score (nSPS) is 11.4. The number of benzene rings is 2. The molecule has 2 aromatic rings. The maximum Gasteiger partial charge on any atom is 0.573 e. The summed E-state index contributed by atoms with van der Waals surface area (Å²) in [6.45, 7) is 0.0505. The summed E-state index contributed by atoms with van der Waals surface area (Å²) in [6, 6.07) is 9.71. The molecule has 0 unspecified atom stereocenters. The predicted molar refractivity (Wildman–Crippen MR) is 66.4 cm³/mol. The number of ether oxygens (including phenoxy) is 1. The molecule has 106 valence electrons. The summed E-state index contributed by atoms with van der Waals surface area (Å²) in [5.41, 5.74) is 7.07. The van der Waals surface area contributed by atoms with Crippen LogP contribution in [0.4, 0.5) is 17.6 Å². The van der Waals surface area contributed by atoms with Crippen molar-refractivity contribution in [1.29, 1.82) is 0 Å². The molecule has 2 rings (SSSR count). The van der Waals surface area contributed by atoms with E-state index in [1.165, 1.54) is 36.4 Å². The summed E-state index contributed by atoms with van der Waals surface area (Å²) >= 11 is 0. The van der Waals surface area contributed by atoms with Gasteiger partial charge in [-0.15, -0.1) is 13.2 Å². The Morgan fingerprint density at radius 1 is 0.950 bits per heavy atom. The Morgan fingerprint density at radius 3 is 2.10 bits per heavy atom. The van der Waals surface area contributed by atoms with E-state index < -0.39 is 12.2 Å². The zero-order valence-electron chi connectivity index (χ0n) is 10.2. The van der Waals surface area contributed by atoms with Gasteiger partial charge in [-0.05, 0) is 35.4 Å². The van der Waals surface area contributed by atoms with Gasteiger partial charge in [-0.25, -0.2) is 4.39 Å². The summed E-state index contributed by atoms with van der Waals surface area (Å²) in [7, 11) is 0. The van der Waals surface area contributed by atoms with E-state index in [9.17, 15) is 17.6 Å². The first-order valence-electron chi connectivity index (χ1n) is 5.74. The van der Waals surface area contributed by atoms with E-state index in [1.807, 2.05) is 0 Å². The van der Waals surface area contributed by atoms with Crippen LogP contribution in [0.2, 0.25) is 0 Å². The lowest BCUT2D eigenvalue weighted by molar-refractivity contribution is -0.274. The van der Waals surface area contributed by atoms with Crippen molar-refractivity contribution in [2.45, 2.75) is 12.9 Å². The van der Waals surface area contributed by atoms with Crippen LogP contribution in [0.5, 0.6) is 5.75 Å². The summed E-state index contributed by atoms with van der Waals surface area (Å²) in [5, 5.41) is 0. The van der Waals surface area contributed by atoms with E-state index in [-0.39, 0.29) is 12.3 Å². The summed E-state index contributed by atoms with van der Waals surface area (Å²) < 4.78 is 53.2. The van der Waals surface area contributed by atoms with Crippen LogP contribution in [0, 0.1) is 5.82 Å². The molecule has 0 aliphatic carbocycles. The zero-order chi connectivity index (χ0) is 14.8. The molecular formula is C14H11F4NO. The lowest BCUT2D eigenvalue weighted by Gasteiger charge is -2.10. The first-order chi connectivity index (χ1) is 9.39. The standard InChI is InChI=1S/C14H11F4NO/c15-13-6-3-10(7-11(13)8-19)9-1-4-12(5-2-9)20-14(16,17)18/h1-7H,8,19H2. The quantitative estimate of drug-likeness (QED) is 0.869. The number of alkyl halides is 3. The minimum atomic E-state index is -4.72.